The van der Waals surface area contributed by atoms with Gasteiger partial charge in [-0.25, -0.2) is 9.97 Å². The molecule has 1 aromatic carbocycles. The van der Waals surface area contributed by atoms with Crippen LogP contribution in [-0.2, 0) is 30.7 Å². The number of carbonyl (C=O) groups excluding carboxylic acids is 1. The number of aryl methyl sites for hydroxylation is 2. The molecule has 172 valence electrons. The first-order valence-electron chi connectivity index (χ1n) is 11.7. The number of nitrogens with zero attached hydrogens (tertiary/aromatic N) is 4. The van der Waals surface area contributed by atoms with Crippen molar-refractivity contribution in [2.75, 3.05) is 33.1 Å². The molecule has 7 nitrogen and oxygen atoms in total. The number of fused-ring (bicyclic) bond motifs is 1. The number of amides is 1. The number of carbonyl (C=O) groups is 1. The summed E-state index contributed by atoms with van der Waals surface area (Å²) >= 11 is 0. The number of ether oxygens (including phenoxy) is 1. The van der Waals surface area contributed by atoms with Crippen LogP contribution in [0.3, 0.4) is 0 Å². The standard InChI is InChI=1S/C25H35N5O2/c1-17(31)29(3)16-21-14-24(26-2)28-25(27-21)22-10-5-6-11-30(22)15-20-12-18-8-7-9-19(18)13-23(20)32-4/h12-14,22H,5-11,15-16H2,1-4H3,(H,26,27,28)/t22-/m0/s1. The fourth-order valence-corrected chi connectivity index (χ4v) is 4.89. The van der Waals surface area contributed by atoms with Crippen LogP contribution in [0.4, 0.5) is 5.82 Å². The zero-order valence-electron chi connectivity index (χ0n) is 19.8. The number of nitrogens with one attached hydrogen (secondary N) is 1. The Bertz CT molecular complexity index is 977. The van der Waals surface area contributed by atoms with Crippen molar-refractivity contribution in [3.63, 3.8) is 0 Å². The Balaban J connectivity index is 1.62. The molecule has 0 unspecified atom stereocenters. The van der Waals surface area contributed by atoms with E-state index in [0.717, 1.165) is 61.9 Å². The summed E-state index contributed by atoms with van der Waals surface area (Å²) in [6.07, 6.45) is 6.92. The molecule has 2 aromatic rings. The lowest BCUT2D eigenvalue weighted by Gasteiger charge is -2.35. The summed E-state index contributed by atoms with van der Waals surface area (Å²) < 4.78 is 5.77. The summed E-state index contributed by atoms with van der Waals surface area (Å²) in [4.78, 5) is 25.6. The van der Waals surface area contributed by atoms with Crippen LogP contribution in [0.15, 0.2) is 18.2 Å². The van der Waals surface area contributed by atoms with Crippen molar-refractivity contribution in [3.05, 3.63) is 46.4 Å². The maximum atomic E-state index is 11.7. The Hall–Kier alpha value is -2.67. The lowest BCUT2D eigenvalue weighted by atomic mass is 9.98. The number of aromatic nitrogens is 2. The Morgan fingerprint density at radius 3 is 2.69 bits per heavy atom. The molecule has 4 rings (SSSR count). The van der Waals surface area contributed by atoms with Gasteiger partial charge in [0.25, 0.3) is 0 Å². The van der Waals surface area contributed by atoms with Crippen molar-refractivity contribution >= 4 is 11.7 Å². The molecule has 1 aromatic heterocycles. The Morgan fingerprint density at radius 1 is 1.19 bits per heavy atom. The van der Waals surface area contributed by atoms with Gasteiger partial charge in [-0.3, -0.25) is 9.69 Å². The van der Waals surface area contributed by atoms with E-state index in [9.17, 15) is 4.79 Å². The van der Waals surface area contributed by atoms with E-state index in [-0.39, 0.29) is 11.9 Å². The lowest BCUT2D eigenvalue weighted by Crippen LogP contribution is -2.34. The summed E-state index contributed by atoms with van der Waals surface area (Å²) in [6, 6.07) is 6.67. The second-order valence-electron chi connectivity index (χ2n) is 9.00. The molecule has 1 amide bonds. The predicted octanol–water partition coefficient (Wildman–Crippen LogP) is 3.72. The van der Waals surface area contributed by atoms with Gasteiger partial charge in [-0.2, -0.15) is 0 Å². The Morgan fingerprint density at radius 2 is 1.97 bits per heavy atom. The summed E-state index contributed by atoms with van der Waals surface area (Å²) in [5.41, 5.74) is 5.02. The minimum absolute atomic E-state index is 0.0270. The number of likely N-dealkylation sites (tertiary alicyclic amines) is 1. The van der Waals surface area contributed by atoms with Crippen LogP contribution >= 0.6 is 0 Å². The van der Waals surface area contributed by atoms with E-state index >= 15 is 0 Å². The zero-order chi connectivity index (χ0) is 22.7. The first-order valence-corrected chi connectivity index (χ1v) is 11.7. The van der Waals surface area contributed by atoms with E-state index in [0.29, 0.717) is 6.54 Å². The van der Waals surface area contributed by atoms with Crippen LogP contribution < -0.4 is 10.1 Å². The summed E-state index contributed by atoms with van der Waals surface area (Å²) in [7, 11) is 5.44. The first-order chi connectivity index (χ1) is 15.5. The van der Waals surface area contributed by atoms with Gasteiger partial charge >= 0.3 is 0 Å². The lowest BCUT2D eigenvalue weighted by molar-refractivity contribution is -0.128. The molecule has 1 N–H and O–H groups in total. The number of methoxy groups -OCH3 is 1. The maximum absolute atomic E-state index is 11.7. The van der Waals surface area contributed by atoms with Crippen molar-refractivity contribution in [2.24, 2.45) is 0 Å². The van der Waals surface area contributed by atoms with Crippen LogP contribution in [0.2, 0.25) is 0 Å². The largest absolute Gasteiger partial charge is 0.496 e. The molecule has 1 fully saturated rings. The molecular weight excluding hydrogens is 402 g/mol. The van der Waals surface area contributed by atoms with Crippen LogP contribution in [0, 0.1) is 0 Å². The van der Waals surface area contributed by atoms with Crippen LogP contribution in [0.5, 0.6) is 5.75 Å². The van der Waals surface area contributed by atoms with Crippen molar-refractivity contribution in [1.82, 2.24) is 19.8 Å². The zero-order valence-corrected chi connectivity index (χ0v) is 19.8. The highest BCUT2D eigenvalue weighted by atomic mass is 16.5. The van der Waals surface area contributed by atoms with Crippen molar-refractivity contribution in [2.45, 2.75) is 64.6 Å². The van der Waals surface area contributed by atoms with Crippen molar-refractivity contribution in [3.8, 4) is 5.75 Å². The molecular formula is C25H35N5O2. The number of hydrogen-bond donors (Lipinski definition) is 1. The molecule has 1 saturated heterocycles. The SMILES string of the molecule is CNc1cc(CN(C)C(C)=O)nc([C@@H]2CCCCN2Cc2cc3c(cc2OC)CCC3)n1. The van der Waals surface area contributed by atoms with Crippen molar-refractivity contribution < 1.29 is 9.53 Å². The van der Waals surface area contributed by atoms with Gasteiger partial charge < -0.3 is 15.0 Å². The van der Waals surface area contributed by atoms with Crippen LogP contribution in [-0.4, -0.2) is 53.4 Å². The molecule has 0 radical (unpaired) electrons. The normalized spacial score (nSPS) is 18.3. The third-order valence-electron chi connectivity index (χ3n) is 6.77. The van der Waals surface area contributed by atoms with E-state index in [4.69, 9.17) is 14.7 Å². The highest BCUT2D eigenvalue weighted by Gasteiger charge is 2.28. The van der Waals surface area contributed by atoms with Crippen molar-refractivity contribution in [1.29, 1.82) is 0 Å². The first kappa shape index (κ1) is 22.5. The third-order valence-corrected chi connectivity index (χ3v) is 6.77. The maximum Gasteiger partial charge on any atom is 0.219 e. The van der Waals surface area contributed by atoms with Crippen LogP contribution in [0.25, 0.3) is 0 Å². The Labute approximate surface area is 191 Å². The minimum Gasteiger partial charge on any atom is -0.496 e. The van der Waals surface area contributed by atoms with Gasteiger partial charge in [0, 0.05) is 39.2 Å². The highest BCUT2D eigenvalue weighted by molar-refractivity contribution is 5.72. The molecule has 2 aliphatic rings. The van der Waals surface area contributed by atoms with Gasteiger partial charge in [0.15, 0.2) is 0 Å². The quantitative estimate of drug-likeness (QED) is 0.712. The van der Waals surface area contributed by atoms with Gasteiger partial charge in [-0.1, -0.05) is 12.5 Å². The van der Waals surface area contributed by atoms with Gasteiger partial charge in [0.2, 0.25) is 5.91 Å². The molecule has 0 spiro atoms. The summed E-state index contributed by atoms with van der Waals surface area (Å²) in [6.45, 7) is 3.90. The number of hydrogen-bond acceptors (Lipinski definition) is 6. The second kappa shape index (κ2) is 9.86. The van der Waals surface area contributed by atoms with E-state index < -0.39 is 0 Å². The van der Waals surface area contributed by atoms with E-state index in [1.807, 2.05) is 13.1 Å². The van der Waals surface area contributed by atoms with Gasteiger partial charge in [0.05, 0.1) is 25.4 Å². The van der Waals surface area contributed by atoms with Gasteiger partial charge in [-0.05, 0) is 55.8 Å². The fourth-order valence-electron chi connectivity index (χ4n) is 4.89. The Kier molecular flexibility index (Phi) is 6.94. The average Bonchev–Trinajstić information content (AvgIpc) is 3.25. The molecule has 1 aliphatic heterocycles. The third kappa shape index (κ3) is 4.88. The fraction of sp³-hybridized carbons (Fsp3) is 0.560. The second-order valence-corrected chi connectivity index (χ2v) is 9.00. The average molecular weight is 438 g/mol. The molecule has 1 atom stereocenters. The number of benzene rings is 1. The highest BCUT2D eigenvalue weighted by Crippen LogP contribution is 2.35. The molecule has 0 saturated carbocycles. The van der Waals surface area contributed by atoms with E-state index in [2.05, 4.69) is 22.3 Å². The summed E-state index contributed by atoms with van der Waals surface area (Å²) in [5, 5.41) is 3.17. The molecule has 1 aliphatic carbocycles. The van der Waals surface area contributed by atoms with E-state index in [1.54, 1.807) is 26.0 Å². The van der Waals surface area contributed by atoms with Crippen LogP contribution in [0.1, 0.15) is 66.9 Å². The van der Waals surface area contributed by atoms with Gasteiger partial charge in [-0.15, -0.1) is 0 Å². The number of piperidine rings is 1. The molecule has 2 heterocycles. The van der Waals surface area contributed by atoms with E-state index in [1.165, 1.54) is 29.5 Å². The molecule has 7 heteroatoms. The smallest absolute Gasteiger partial charge is 0.219 e. The molecule has 0 bridgehead atoms. The number of rotatable bonds is 7. The van der Waals surface area contributed by atoms with Gasteiger partial charge in [0.1, 0.15) is 17.4 Å². The monoisotopic (exact) mass is 437 g/mol. The minimum atomic E-state index is 0.0270. The molecule has 32 heavy (non-hydrogen) atoms. The topological polar surface area (TPSA) is 70.6 Å². The number of anilines is 1. The predicted molar refractivity (Wildman–Crippen MR) is 126 cm³/mol. The summed E-state index contributed by atoms with van der Waals surface area (Å²) in [5.74, 6) is 2.65.